The van der Waals surface area contributed by atoms with Gasteiger partial charge in [0.15, 0.2) is 0 Å². The van der Waals surface area contributed by atoms with Crippen molar-refractivity contribution in [2.24, 2.45) is 0 Å². The van der Waals surface area contributed by atoms with Gasteiger partial charge in [-0.1, -0.05) is 0 Å². The Labute approximate surface area is 83.8 Å². The molecule has 0 bridgehead atoms. The Kier molecular flexibility index (Phi) is 2.78. The van der Waals surface area contributed by atoms with Crippen LogP contribution >= 0.6 is 0 Å². The van der Waals surface area contributed by atoms with Crippen LogP contribution in [0.4, 0.5) is 0 Å². The van der Waals surface area contributed by atoms with Gasteiger partial charge in [-0.15, -0.1) is 0 Å². The van der Waals surface area contributed by atoms with Gasteiger partial charge in [-0.2, -0.15) is 0 Å². The van der Waals surface area contributed by atoms with Crippen LogP contribution in [0.15, 0.2) is 0 Å². The van der Waals surface area contributed by atoms with Gasteiger partial charge >= 0.3 is 84.3 Å². The van der Waals surface area contributed by atoms with E-state index in [4.69, 9.17) is 0 Å². The van der Waals surface area contributed by atoms with Gasteiger partial charge in [0, 0.05) is 0 Å². The van der Waals surface area contributed by atoms with Crippen LogP contribution in [0, 0.1) is 0 Å². The molecule has 0 aromatic carbocycles. The van der Waals surface area contributed by atoms with Gasteiger partial charge in [-0.25, -0.2) is 0 Å². The average molecular weight is 332 g/mol. The van der Waals surface area contributed by atoms with Crippen LogP contribution in [0.3, 0.4) is 0 Å². The maximum absolute atomic E-state index is 2.68. The quantitative estimate of drug-likeness (QED) is 0.591. The molecule has 0 amide bonds. The van der Waals surface area contributed by atoms with Crippen molar-refractivity contribution >= 4 is 45.0 Å². The maximum atomic E-state index is 2.68. The van der Waals surface area contributed by atoms with Crippen molar-refractivity contribution in [1.29, 1.82) is 0 Å². The summed E-state index contributed by atoms with van der Waals surface area (Å²) >= 11 is 2.32. The van der Waals surface area contributed by atoms with E-state index in [0.29, 0.717) is 0 Å². The normalized spacial score (nSPS) is 32.2. The molecular weight excluding hydrogens is 314 g/mol. The number of rotatable bonds is 0. The molecule has 5 heteroatoms. The monoisotopic (exact) mass is 334 g/mol. The van der Waals surface area contributed by atoms with E-state index in [-0.39, 0.29) is 0 Å². The van der Waals surface area contributed by atoms with Crippen molar-refractivity contribution < 1.29 is 0 Å². The fourth-order valence-corrected chi connectivity index (χ4v) is 212. The van der Waals surface area contributed by atoms with E-state index in [9.17, 15) is 0 Å². The average Bonchev–Trinajstić information content (AvgIpc) is 1.66. The molecule has 1 aliphatic rings. The second kappa shape index (κ2) is 2.84. The zero-order chi connectivity index (χ0) is 8.91. The summed E-state index contributed by atoms with van der Waals surface area (Å²) in [6, 6.07) is 0. The fraction of sp³-hybridized carbons (Fsp3) is 1.00. The third-order valence-corrected chi connectivity index (χ3v) is 111. The molecule has 0 spiro atoms. The van der Waals surface area contributed by atoms with Gasteiger partial charge in [-0.05, 0) is 0 Å². The molecule has 11 heavy (non-hydrogen) atoms. The van der Waals surface area contributed by atoms with Crippen LogP contribution in [-0.4, -0.2) is 45.0 Å². The van der Waals surface area contributed by atoms with Crippen molar-refractivity contribution in [3.05, 3.63) is 0 Å². The third kappa shape index (κ3) is 2.13. The standard InChI is InChI=1S/C6H18Se2Si3/c1-9(2)7-10(3,4)11(5,6)8-9/h1-6H3. The van der Waals surface area contributed by atoms with Gasteiger partial charge in [-0.3, -0.25) is 0 Å². The summed E-state index contributed by atoms with van der Waals surface area (Å²) in [5, 5.41) is -0.563. The van der Waals surface area contributed by atoms with Crippen molar-refractivity contribution in [3.8, 4) is 0 Å². The van der Waals surface area contributed by atoms with Crippen LogP contribution in [0.25, 0.3) is 0 Å². The van der Waals surface area contributed by atoms with E-state index in [1.54, 1.807) is 0 Å². The molecule has 0 aliphatic carbocycles. The number of hydrogen-bond donors (Lipinski definition) is 0. The molecule has 1 heterocycles. The number of hydrogen-bond acceptors (Lipinski definition) is 0. The zero-order valence-electron chi connectivity index (χ0n) is 8.32. The second-order valence-corrected chi connectivity index (χ2v) is 64.8. The fourth-order valence-electron chi connectivity index (χ4n) is 1.50. The Morgan fingerprint density at radius 2 is 0.909 bits per heavy atom. The molecule has 1 aliphatic heterocycles. The zero-order valence-corrected chi connectivity index (χ0v) is 14.7. The molecular formula is C6H18Se2Si3. The molecule has 0 saturated carbocycles. The summed E-state index contributed by atoms with van der Waals surface area (Å²) in [6.07, 6.45) is -1.22. The van der Waals surface area contributed by atoms with Gasteiger partial charge in [0.25, 0.3) is 0 Å². The van der Waals surface area contributed by atoms with E-state index in [0.717, 1.165) is 27.4 Å². The molecule has 0 atom stereocenters. The summed E-state index contributed by atoms with van der Waals surface area (Å²) in [6.45, 7) is 16.0. The van der Waals surface area contributed by atoms with E-state index in [1.165, 1.54) is 0 Å². The minimum absolute atomic E-state index is 0.563. The molecule has 0 N–H and O–H groups in total. The molecule has 0 nitrogen and oxygen atoms in total. The molecule has 0 unspecified atom stereocenters. The van der Waals surface area contributed by atoms with Gasteiger partial charge < -0.3 is 0 Å². The topological polar surface area (TPSA) is 0 Å². The molecule has 1 fully saturated rings. The predicted molar refractivity (Wildman–Crippen MR) is 64.0 cm³/mol. The van der Waals surface area contributed by atoms with Crippen molar-refractivity contribution in [1.82, 2.24) is 0 Å². The Morgan fingerprint density at radius 3 is 1.00 bits per heavy atom. The summed E-state index contributed by atoms with van der Waals surface area (Å²) in [4.78, 5) is 0. The summed E-state index contributed by atoms with van der Waals surface area (Å²) in [5.74, 6) is 0. The Bertz CT molecular complexity index is 159. The second-order valence-electron chi connectivity index (χ2n) is 4.62. The van der Waals surface area contributed by atoms with Crippen molar-refractivity contribution in [2.75, 3.05) is 0 Å². The van der Waals surface area contributed by atoms with E-state index < -0.39 is 17.7 Å². The first-order chi connectivity index (χ1) is 4.66. The molecule has 0 aromatic rings. The van der Waals surface area contributed by atoms with Crippen molar-refractivity contribution in [2.45, 2.75) is 39.3 Å². The van der Waals surface area contributed by atoms with Crippen LogP contribution in [0.2, 0.25) is 39.3 Å². The SMILES string of the molecule is C[Si]1(C)[Se][Si](C)(C)[Si](C)(C)[Se]1. The Hall–Kier alpha value is 1.69. The first-order valence-electron chi connectivity index (χ1n) is 4.07. The van der Waals surface area contributed by atoms with Crippen molar-refractivity contribution in [3.63, 3.8) is 0 Å². The minimum atomic E-state index is -0.612. The molecule has 0 radical (unpaired) electrons. The molecule has 1 saturated heterocycles. The molecule has 0 aromatic heterocycles. The van der Waals surface area contributed by atoms with Crippen LogP contribution in [0.5, 0.6) is 0 Å². The van der Waals surface area contributed by atoms with E-state index >= 15 is 0 Å². The molecule has 66 valence electrons. The summed E-state index contributed by atoms with van der Waals surface area (Å²) in [5.41, 5.74) is 0. The van der Waals surface area contributed by atoms with E-state index in [2.05, 4.69) is 39.3 Å². The summed E-state index contributed by atoms with van der Waals surface area (Å²) in [7, 11) is 0. The van der Waals surface area contributed by atoms with Gasteiger partial charge in [0.2, 0.25) is 0 Å². The van der Waals surface area contributed by atoms with E-state index in [1.807, 2.05) is 0 Å². The third-order valence-electron chi connectivity index (χ3n) is 2.45. The Morgan fingerprint density at radius 1 is 0.636 bits per heavy atom. The summed E-state index contributed by atoms with van der Waals surface area (Å²) < 4.78 is 0. The van der Waals surface area contributed by atoms with Crippen LogP contribution in [-0.2, 0) is 0 Å². The molecule has 1 rings (SSSR count). The van der Waals surface area contributed by atoms with Gasteiger partial charge in [0.1, 0.15) is 0 Å². The van der Waals surface area contributed by atoms with Gasteiger partial charge in [0.05, 0.1) is 0 Å². The first-order valence-corrected chi connectivity index (χ1v) is 24.0. The first kappa shape index (κ1) is 10.8. The predicted octanol–water partition coefficient (Wildman–Crippen LogP) is 1.60. The Balaban J connectivity index is 2.89. The van der Waals surface area contributed by atoms with Crippen LogP contribution in [0.1, 0.15) is 0 Å². The van der Waals surface area contributed by atoms with Crippen LogP contribution < -0.4 is 0 Å².